The molecule has 0 saturated carbocycles. The minimum atomic E-state index is -1.09. The molecule has 29 heavy (non-hydrogen) atoms. The molecule has 1 aromatic rings. The second-order valence-electron chi connectivity index (χ2n) is 8.74. The number of imide groups is 1. The van der Waals surface area contributed by atoms with Crippen molar-refractivity contribution in [2.75, 3.05) is 25.0 Å². The molecule has 4 fully saturated rings. The topological polar surface area (TPSA) is 79.0 Å². The first-order chi connectivity index (χ1) is 14.0. The van der Waals surface area contributed by atoms with Crippen LogP contribution >= 0.6 is 15.9 Å². The second-order valence-corrected chi connectivity index (χ2v) is 9.65. The van der Waals surface area contributed by atoms with Gasteiger partial charge in [0.15, 0.2) is 0 Å². The van der Waals surface area contributed by atoms with E-state index >= 15 is 0 Å². The van der Waals surface area contributed by atoms with E-state index in [0.717, 1.165) is 48.0 Å². The fourth-order valence-electron chi connectivity index (χ4n) is 6.41. The molecule has 7 nitrogen and oxygen atoms in total. The van der Waals surface area contributed by atoms with Gasteiger partial charge in [-0.15, -0.1) is 0 Å². The Morgan fingerprint density at radius 2 is 2.03 bits per heavy atom. The average molecular weight is 460 g/mol. The van der Waals surface area contributed by atoms with Crippen molar-refractivity contribution >= 4 is 39.3 Å². The van der Waals surface area contributed by atoms with Gasteiger partial charge in [0.05, 0.1) is 24.5 Å². The molecule has 4 saturated heterocycles. The van der Waals surface area contributed by atoms with Crippen LogP contribution in [0.3, 0.4) is 0 Å². The molecule has 1 N–H and O–H groups in total. The summed E-state index contributed by atoms with van der Waals surface area (Å²) in [6, 6.07) is 5.63. The van der Waals surface area contributed by atoms with E-state index in [4.69, 9.17) is 4.74 Å². The lowest BCUT2D eigenvalue weighted by Gasteiger charge is -2.37. The molecule has 1 aromatic carbocycles. The Morgan fingerprint density at radius 3 is 2.83 bits per heavy atom. The van der Waals surface area contributed by atoms with Gasteiger partial charge >= 0.3 is 0 Å². The summed E-state index contributed by atoms with van der Waals surface area (Å²) in [5.74, 6) is -1.64. The number of ether oxygens (including phenoxy) is 1. The van der Waals surface area contributed by atoms with Crippen LogP contribution in [0.25, 0.3) is 0 Å². The number of halogens is 1. The van der Waals surface area contributed by atoms with Crippen LogP contribution in [0.15, 0.2) is 22.7 Å². The predicted molar refractivity (Wildman–Crippen MR) is 107 cm³/mol. The van der Waals surface area contributed by atoms with E-state index in [1.807, 2.05) is 18.2 Å². The maximum absolute atomic E-state index is 13.6. The predicted octanol–water partition coefficient (Wildman–Crippen LogP) is 1.85. The molecule has 152 valence electrons. The van der Waals surface area contributed by atoms with E-state index in [1.54, 1.807) is 0 Å². The standard InChI is InChI=1S/C21H22BrN3O4/c22-11-5-6-14-13(9-11)21(20(28)23-14)17-16(15-4-1-7-25(15)21)18(26)24(19(17)27)10-12-3-2-8-29-12/h5-6,9,12,15-17H,1-4,7-8,10H2,(H,23,28). The highest BCUT2D eigenvalue weighted by Gasteiger charge is 2.74. The van der Waals surface area contributed by atoms with Crippen LogP contribution in [0.4, 0.5) is 5.69 Å². The van der Waals surface area contributed by atoms with Crippen LogP contribution in [0.5, 0.6) is 0 Å². The molecule has 5 aliphatic rings. The van der Waals surface area contributed by atoms with Crippen LogP contribution in [0.2, 0.25) is 0 Å². The molecule has 0 radical (unpaired) electrons. The van der Waals surface area contributed by atoms with Gasteiger partial charge in [0.2, 0.25) is 17.7 Å². The van der Waals surface area contributed by atoms with Gasteiger partial charge in [-0.1, -0.05) is 15.9 Å². The summed E-state index contributed by atoms with van der Waals surface area (Å²) >= 11 is 3.52. The lowest BCUT2D eigenvalue weighted by Crippen LogP contribution is -2.54. The molecular weight excluding hydrogens is 438 g/mol. The molecule has 0 aromatic heterocycles. The lowest BCUT2D eigenvalue weighted by atomic mass is 9.75. The highest BCUT2D eigenvalue weighted by molar-refractivity contribution is 9.10. The fourth-order valence-corrected chi connectivity index (χ4v) is 6.77. The van der Waals surface area contributed by atoms with E-state index in [2.05, 4.69) is 26.1 Å². The molecule has 5 aliphatic heterocycles. The van der Waals surface area contributed by atoms with Crippen molar-refractivity contribution in [2.45, 2.75) is 43.4 Å². The third-order valence-electron chi connectivity index (χ3n) is 7.46. The first kappa shape index (κ1) is 18.0. The summed E-state index contributed by atoms with van der Waals surface area (Å²) in [5.41, 5.74) is 0.460. The average Bonchev–Trinajstić information content (AvgIpc) is 3.47. The SMILES string of the molecule is O=C1C2C3CCCN3C3(C(=O)Nc4ccc(Br)cc43)C2C(=O)N1CC1CCCO1. The van der Waals surface area contributed by atoms with E-state index in [1.165, 1.54) is 4.90 Å². The summed E-state index contributed by atoms with van der Waals surface area (Å²) in [6.07, 6.45) is 3.50. The van der Waals surface area contributed by atoms with Crippen molar-refractivity contribution < 1.29 is 19.1 Å². The van der Waals surface area contributed by atoms with Crippen molar-refractivity contribution in [3.8, 4) is 0 Å². The molecule has 0 aliphatic carbocycles. The van der Waals surface area contributed by atoms with Crippen molar-refractivity contribution in [2.24, 2.45) is 11.8 Å². The molecule has 6 rings (SSSR count). The Morgan fingerprint density at radius 1 is 1.17 bits per heavy atom. The van der Waals surface area contributed by atoms with Crippen molar-refractivity contribution in [3.63, 3.8) is 0 Å². The van der Waals surface area contributed by atoms with Gasteiger partial charge in [0.1, 0.15) is 5.54 Å². The monoisotopic (exact) mass is 459 g/mol. The summed E-state index contributed by atoms with van der Waals surface area (Å²) in [5, 5.41) is 3.00. The number of nitrogens with zero attached hydrogens (tertiary/aromatic N) is 2. The number of nitrogens with one attached hydrogen (secondary N) is 1. The zero-order valence-corrected chi connectivity index (χ0v) is 17.5. The molecule has 5 atom stereocenters. The summed E-state index contributed by atoms with van der Waals surface area (Å²) in [7, 11) is 0. The van der Waals surface area contributed by atoms with Crippen molar-refractivity contribution in [1.82, 2.24) is 9.80 Å². The van der Waals surface area contributed by atoms with Crippen molar-refractivity contribution in [1.29, 1.82) is 0 Å². The molecule has 3 amide bonds. The molecule has 0 bridgehead atoms. The van der Waals surface area contributed by atoms with Crippen LogP contribution in [0, 0.1) is 11.8 Å². The molecule has 5 heterocycles. The summed E-state index contributed by atoms with van der Waals surface area (Å²) in [6.45, 7) is 1.71. The molecular formula is C21H22BrN3O4. The van der Waals surface area contributed by atoms with Gasteiger partial charge in [-0.3, -0.25) is 24.2 Å². The lowest BCUT2D eigenvalue weighted by molar-refractivity contribution is -0.147. The zero-order valence-electron chi connectivity index (χ0n) is 15.9. The maximum atomic E-state index is 13.6. The highest BCUT2D eigenvalue weighted by atomic mass is 79.9. The Bertz CT molecular complexity index is 946. The number of hydrogen-bond donors (Lipinski definition) is 1. The van der Waals surface area contributed by atoms with Crippen LogP contribution in [-0.2, 0) is 24.7 Å². The fraction of sp³-hybridized carbons (Fsp3) is 0.571. The molecule has 1 spiro atoms. The number of amides is 3. The van der Waals surface area contributed by atoms with E-state index in [9.17, 15) is 14.4 Å². The maximum Gasteiger partial charge on any atom is 0.250 e. The Hall–Kier alpha value is -1.77. The summed E-state index contributed by atoms with van der Waals surface area (Å²) < 4.78 is 6.55. The number of carbonyl (C=O) groups is 3. The van der Waals surface area contributed by atoms with E-state index < -0.39 is 17.4 Å². The number of anilines is 1. The van der Waals surface area contributed by atoms with Gasteiger partial charge in [-0.25, -0.2) is 0 Å². The van der Waals surface area contributed by atoms with Crippen molar-refractivity contribution in [3.05, 3.63) is 28.2 Å². The molecule has 5 unspecified atom stereocenters. The summed E-state index contributed by atoms with van der Waals surface area (Å²) in [4.78, 5) is 44.1. The third-order valence-corrected chi connectivity index (χ3v) is 7.95. The quantitative estimate of drug-likeness (QED) is 0.682. The highest BCUT2D eigenvalue weighted by Crippen LogP contribution is 2.60. The van der Waals surface area contributed by atoms with Gasteiger partial charge in [0, 0.05) is 28.4 Å². The minimum Gasteiger partial charge on any atom is -0.376 e. The largest absolute Gasteiger partial charge is 0.376 e. The smallest absolute Gasteiger partial charge is 0.250 e. The van der Waals surface area contributed by atoms with E-state index in [-0.39, 0.29) is 29.9 Å². The number of carbonyl (C=O) groups excluding carboxylic acids is 3. The van der Waals surface area contributed by atoms with Gasteiger partial charge in [0.25, 0.3) is 0 Å². The first-order valence-electron chi connectivity index (χ1n) is 10.4. The number of likely N-dealkylation sites (tertiary alicyclic amines) is 1. The first-order valence-corrected chi connectivity index (χ1v) is 11.2. The number of fused-ring (bicyclic) bond motifs is 7. The number of benzene rings is 1. The van der Waals surface area contributed by atoms with Crippen LogP contribution < -0.4 is 5.32 Å². The Kier molecular flexibility index (Phi) is 3.81. The van der Waals surface area contributed by atoms with E-state index in [0.29, 0.717) is 13.2 Å². The zero-order chi connectivity index (χ0) is 19.9. The van der Waals surface area contributed by atoms with Gasteiger partial charge in [-0.2, -0.15) is 0 Å². The Balaban J connectivity index is 1.48. The third kappa shape index (κ3) is 2.17. The van der Waals surface area contributed by atoms with Gasteiger partial charge in [-0.05, 0) is 50.4 Å². The number of hydrogen-bond acceptors (Lipinski definition) is 5. The van der Waals surface area contributed by atoms with Crippen LogP contribution in [0.1, 0.15) is 31.2 Å². The number of rotatable bonds is 2. The normalized spacial score (nSPS) is 38.1. The minimum absolute atomic E-state index is 0.0679. The second kappa shape index (κ2) is 6.12. The molecule has 8 heteroatoms. The van der Waals surface area contributed by atoms with Gasteiger partial charge < -0.3 is 10.1 Å². The van der Waals surface area contributed by atoms with Crippen LogP contribution in [-0.4, -0.2) is 59.4 Å². The Labute approximate surface area is 176 Å².